The summed E-state index contributed by atoms with van der Waals surface area (Å²) < 4.78 is 0. The third-order valence-electron chi connectivity index (χ3n) is 4.10. The molecule has 0 aromatic carbocycles. The maximum atomic E-state index is 3.59. The van der Waals surface area contributed by atoms with Gasteiger partial charge in [-0.15, -0.1) is 0 Å². The summed E-state index contributed by atoms with van der Waals surface area (Å²) in [7, 11) is 2.31. The van der Waals surface area contributed by atoms with E-state index in [1.54, 1.807) is 0 Å². The highest BCUT2D eigenvalue weighted by Gasteiger charge is 2.18. The fourth-order valence-electron chi connectivity index (χ4n) is 2.77. The fourth-order valence-corrected chi connectivity index (χ4v) is 2.77. The van der Waals surface area contributed by atoms with Gasteiger partial charge >= 0.3 is 0 Å². The summed E-state index contributed by atoms with van der Waals surface area (Å²) >= 11 is 0. The second-order valence-electron chi connectivity index (χ2n) is 5.44. The summed E-state index contributed by atoms with van der Waals surface area (Å²) in [5.74, 6) is 0. The van der Waals surface area contributed by atoms with Gasteiger partial charge in [0.15, 0.2) is 0 Å². The van der Waals surface area contributed by atoms with Gasteiger partial charge in [-0.05, 0) is 39.4 Å². The molecule has 94 valence electrons. The van der Waals surface area contributed by atoms with Crippen molar-refractivity contribution in [1.82, 2.24) is 15.5 Å². The molecular formula is C13H27N3. The van der Waals surface area contributed by atoms with E-state index in [9.17, 15) is 0 Å². The highest BCUT2D eigenvalue weighted by atomic mass is 15.1. The first-order valence-electron chi connectivity index (χ1n) is 7.00. The first kappa shape index (κ1) is 12.3. The van der Waals surface area contributed by atoms with Gasteiger partial charge < -0.3 is 15.5 Å². The minimum atomic E-state index is 0.750. The number of nitrogens with zero attached hydrogens (tertiary/aromatic N) is 1. The molecule has 2 fully saturated rings. The van der Waals surface area contributed by atoms with Crippen molar-refractivity contribution in [3.05, 3.63) is 0 Å². The summed E-state index contributed by atoms with van der Waals surface area (Å²) in [5.41, 5.74) is 0. The molecule has 2 aliphatic rings. The standard InChI is InChI=1S/C13H27N3/c1-16(13-6-3-2-4-7-13)9-5-8-15-12-10-14-11-12/h12-15H,2-11H2,1H3. The highest BCUT2D eigenvalue weighted by molar-refractivity contribution is 4.81. The van der Waals surface area contributed by atoms with Crippen molar-refractivity contribution < 1.29 is 0 Å². The van der Waals surface area contributed by atoms with Gasteiger partial charge in [-0.1, -0.05) is 19.3 Å². The lowest BCUT2D eigenvalue weighted by Crippen LogP contribution is -2.55. The first-order chi connectivity index (χ1) is 7.86. The molecule has 0 spiro atoms. The third kappa shape index (κ3) is 3.72. The van der Waals surface area contributed by atoms with E-state index in [1.807, 2.05) is 0 Å². The molecular weight excluding hydrogens is 198 g/mol. The molecule has 0 unspecified atom stereocenters. The Labute approximate surface area is 100.0 Å². The molecule has 0 atom stereocenters. The third-order valence-corrected chi connectivity index (χ3v) is 4.10. The van der Waals surface area contributed by atoms with Crippen LogP contribution in [0.15, 0.2) is 0 Å². The zero-order valence-corrected chi connectivity index (χ0v) is 10.7. The van der Waals surface area contributed by atoms with Crippen molar-refractivity contribution >= 4 is 0 Å². The number of hydrogen-bond donors (Lipinski definition) is 2. The van der Waals surface area contributed by atoms with Crippen molar-refractivity contribution in [1.29, 1.82) is 0 Å². The fraction of sp³-hybridized carbons (Fsp3) is 1.00. The Balaban J connectivity index is 1.50. The van der Waals surface area contributed by atoms with Crippen molar-refractivity contribution in [3.8, 4) is 0 Å². The maximum Gasteiger partial charge on any atom is 0.0317 e. The first-order valence-corrected chi connectivity index (χ1v) is 7.00. The second kappa shape index (κ2) is 6.58. The summed E-state index contributed by atoms with van der Waals surface area (Å²) in [6.45, 7) is 4.78. The van der Waals surface area contributed by atoms with E-state index in [0.717, 1.165) is 12.1 Å². The van der Waals surface area contributed by atoms with E-state index >= 15 is 0 Å². The average Bonchev–Trinajstić information content (AvgIpc) is 2.27. The van der Waals surface area contributed by atoms with E-state index in [0.29, 0.717) is 0 Å². The minimum absolute atomic E-state index is 0.750. The molecule has 16 heavy (non-hydrogen) atoms. The van der Waals surface area contributed by atoms with Crippen LogP contribution in [0.2, 0.25) is 0 Å². The summed E-state index contributed by atoms with van der Waals surface area (Å²) in [5, 5.41) is 6.88. The minimum Gasteiger partial charge on any atom is -0.314 e. The molecule has 1 heterocycles. The van der Waals surface area contributed by atoms with Gasteiger partial charge in [0.2, 0.25) is 0 Å². The van der Waals surface area contributed by atoms with Crippen LogP contribution in [-0.4, -0.2) is 50.2 Å². The van der Waals surface area contributed by atoms with Crippen LogP contribution in [0.25, 0.3) is 0 Å². The van der Waals surface area contributed by atoms with Gasteiger partial charge in [-0.25, -0.2) is 0 Å². The van der Waals surface area contributed by atoms with E-state index in [-0.39, 0.29) is 0 Å². The largest absolute Gasteiger partial charge is 0.314 e. The Bertz CT molecular complexity index is 186. The Morgan fingerprint density at radius 1 is 1.19 bits per heavy atom. The summed E-state index contributed by atoms with van der Waals surface area (Å²) in [6, 6.07) is 1.62. The Kier molecular flexibility index (Phi) is 5.07. The number of rotatable bonds is 6. The zero-order valence-electron chi connectivity index (χ0n) is 10.7. The van der Waals surface area contributed by atoms with E-state index in [4.69, 9.17) is 0 Å². The van der Waals surface area contributed by atoms with Gasteiger partial charge in [0.25, 0.3) is 0 Å². The van der Waals surface area contributed by atoms with Crippen molar-refractivity contribution in [3.63, 3.8) is 0 Å². The van der Waals surface area contributed by atoms with Crippen LogP contribution in [0.4, 0.5) is 0 Å². The van der Waals surface area contributed by atoms with Crippen LogP contribution >= 0.6 is 0 Å². The Morgan fingerprint density at radius 2 is 1.94 bits per heavy atom. The molecule has 0 aromatic rings. The predicted molar refractivity (Wildman–Crippen MR) is 68.8 cm³/mol. The molecule has 3 nitrogen and oxygen atoms in total. The van der Waals surface area contributed by atoms with Gasteiger partial charge in [-0.2, -0.15) is 0 Å². The molecule has 3 heteroatoms. The molecule has 2 rings (SSSR count). The smallest absolute Gasteiger partial charge is 0.0317 e. The van der Waals surface area contributed by atoms with E-state index in [2.05, 4.69) is 22.6 Å². The molecule has 1 aliphatic heterocycles. The molecule has 1 saturated carbocycles. The van der Waals surface area contributed by atoms with Crippen molar-refractivity contribution in [2.24, 2.45) is 0 Å². The maximum absolute atomic E-state index is 3.59. The van der Waals surface area contributed by atoms with Gasteiger partial charge in [0, 0.05) is 25.2 Å². The molecule has 1 aliphatic carbocycles. The van der Waals surface area contributed by atoms with E-state index < -0.39 is 0 Å². The topological polar surface area (TPSA) is 27.3 Å². The SMILES string of the molecule is CN(CCCNC1CNC1)C1CCCCC1. The van der Waals surface area contributed by atoms with Crippen LogP contribution in [0.1, 0.15) is 38.5 Å². The normalized spacial score (nSPS) is 23.6. The molecule has 1 saturated heterocycles. The van der Waals surface area contributed by atoms with Crippen molar-refractivity contribution in [2.75, 3.05) is 33.2 Å². The summed E-state index contributed by atoms with van der Waals surface area (Å²) in [4.78, 5) is 2.58. The molecule has 0 radical (unpaired) electrons. The quantitative estimate of drug-likeness (QED) is 0.665. The molecule has 0 bridgehead atoms. The van der Waals surface area contributed by atoms with E-state index in [1.165, 1.54) is 64.7 Å². The Morgan fingerprint density at radius 3 is 2.56 bits per heavy atom. The van der Waals surface area contributed by atoms with Gasteiger partial charge in [0.1, 0.15) is 0 Å². The van der Waals surface area contributed by atoms with Gasteiger partial charge in [0.05, 0.1) is 0 Å². The molecule has 0 aromatic heterocycles. The van der Waals surface area contributed by atoms with Crippen molar-refractivity contribution in [2.45, 2.75) is 50.6 Å². The van der Waals surface area contributed by atoms with Crippen LogP contribution in [0.3, 0.4) is 0 Å². The lowest BCUT2D eigenvalue weighted by Gasteiger charge is -2.32. The Hall–Kier alpha value is -0.120. The monoisotopic (exact) mass is 225 g/mol. The van der Waals surface area contributed by atoms with Crippen LogP contribution in [-0.2, 0) is 0 Å². The number of hydrogen-bond acceptors (Lipinski definition) is 3. The zero-order chi connectivity index (χ0) is 11.2. The molecule has 2 N–H and O–H groups in total. The van der Waals surface area contributed by atoms with Crippen LogP contribution in [0.5, 0.6) is 0 Å². The lowest BCUT2D eigenvalue weighted by atomic mass is 9.94. The summed E-state index contributed by atoms with van der Waals surface area (Å²) in [6.07, 6.45) is 8.50. The van der Waals surface area contributed by atoms with Crippen LogP contribution in [0, 0.1) is 0 Å². The number of nitrogens with one attached hydrogen (secondary N) is 2. The van der Waals surface area contributed by atoms with Crippen LogP contribution < -0.4 is 10.6 Å². The predicted octanol–water partition coefficient (Wildman–Crippen LogP) is 1.20. The average molecular weight is 225 g/mol. The van der Waals surface area contributed by atoms with Gasteiger partial charge in [-0.3, -0.25) is 0 Å². The lowest BCUT2D eigenvalue weighted by molar-refractivity contribution is 0.188. The second-order valence-corrected chi connectivity index (χ2v) is 5.44. The molecule has 0 amide bonds. The highest BCUT2D eigenvalue weighted by Crippen LogP contribution is 2.21.